The number of piperidine rings is 1. The summed E-state index contributed by atoms with van der Waals surface area (Å²) in [5, 5.41) is 9.34. The Morgan fingerprint density at radius 3 is 2.79 bits per heavy atom. The Hall–Kier alpha value is -0.150. The molecule has 9 heteroatoms. The lowest BCUT2D eigenvalue weighted by molar-refractivity contribution is -0.142. The highest BCUT2D eigenvalue weighted by atomic mass is 79.9. The third-order valence-corrected chi connectivity index (χ3v) is 7.74. The number of nitrogens with zero attached hydrogens (tertiary/aromatic N) is 1. The van der Waals surface area contributed by atoms with Gasteiger partial charge in [0.2, 0.25) is 0 Å². The molecule has 5 nitrogen and oxygen atoms in total. The SMILES string of the molecule is O=C(O)[C@H]1CCCN(S(=O)(=O)c2cc(Cl)c(Br)s2)C1. The van der Waals surface area contributed by atoms with Crippen molar-refractivity contribution in [3.05, 3.63) is 14.9 Å². The molecule has 1 N–H and O–H groups in total. The Morgan fingerprint density at radius 2 is 2.26 bits per heavy atom. The van der Waals surface area contributed by atoms with Gasteiger partial charge in [0.1, 0.15) is 4.21 Å². The molecule has 0 aromatic carbocycles. The van der Waals surface area contributed by atoms with Crippen LogP contribution < -0.4 is 0 Å². The molecule has 2 heterocycles. The van der Waals surface area contributed by atoms with E-state index in [1.165, 1.54) is 10.4 Å². The van der Waals surface area contributed by atoms with Crippen molar-refractivity contribution >= 4 is 54.9 Å². The first-order valence-corrected chi connectivity index (χ1v) is 8.93. The number of thiophene rings is 1. The molecule has 1 fully saturated rings. The minimum absolute atomic E-state index is 0.0187. The number of rotatable bonds is 3. The van der Waals surface area contributed by atoms with E-state index in [1.54, 1.807) is 0 Å². The Balaban J connectivity index is 2.26. The van der Waals surface area contributed by atoms with Gasteiger partial charge < -0.3 is 5.11 Å². The van der Waals surface area contributed by atoms with E-state index in [-0.39, 0.29) is 10.8 Å². The Bertz CT molecular complexity index is 581. The van der Waals surface area contributed by atoms with Crippen LogP contribution in [0.15, 0.2) is 14.1 Å². The fourth-order valence-corrected chi connectivity index (χ4v) is 6.02. The van der Waals surface area contributed by atoms with Crippen molar-refractivity contribution in [1.29, 1.82) is 0 Å². The number of sulfonamides is 1. The van der Waals surface area contributed by atoms with Crippen molar-refractivity contribution in [2.75, 3.05) is 13.1 Å². The largest absolute Gasteiger partial charge is 0.481 e. The molecule has 0 aliphatic carbocycles. The van der Waals surface area contributed by atoms with Crippen molar-refractivity contribution in [2.24, 2.45) is 5.92 Å². The first-order valence-electron chi connectivity index (χ1n) is 5.50. The summed E-state index contributed by atoms with van der Waals surface area (Å²) in [5.41, 5.74) is 0. The van der Waals surface area contributed by atoms with Crippen LogP contribution in [0.3, 0.4) is 0 Å². The van der Waals surface area contributed by atoms with Crippen LogP contribution in [-0.4, -0.2) is 36.9 Å². The van der Waals surface area contributed by atoms with E-state index in [9.17, 15) is 13.2 Å². The van der Waals surface area contributed by atoms with Gasteiger partial charge in [-0.25, -0.2) is 8.42 Å². The van der Waals surface area contributed by atoms with E-state index in [0.717, 1.165) is 11.3 Å². The Morgan fingerprint density at radius 1 is 1.58 bits per heavy atom. The highest BCUT2D eigenvalue weighted by molar-refractivity contribution is 9.11. The molecule has 1 aromatic rings. The van der Waals surface area contributed by atoms with Crippen LogP contribution in [0.1, 0.15) is 12.8 Å². The molecule has 19 heavy (non-hydrogen) atoms. The monoisotopic (exact) mass is 387 g/mol. The van der Waals surface area contributed by atoms with Crippen molar-refractivity contribution in [3.63, 3.8) is 0 Å². The molecule has 1 atom stereocenters. The number of hydrogen-bond donors (Lipinski definition) is 1. The molecule has 0 radical (unpaired) electrons. The molecule has 0 bridgehead atoms. The predicted octanol–water partition coefficient (Wildman–Crippen LogP) is 2.65. The Labute approximate surface area is 128 Å². The summed E-state index contributed by atoms with van der Waals surface area (Å²) in [7, 11) is -3.66. The predicted molar refractivity (Wildman–Crippen MR) is 76.1 cm³/mol. The molecule has 0 saturated carbocycles. The molecule has 1 aliphatic rings. The van der Waals surface area contributed by atoms with Gasteiger partial charge in [0.15, 0.2) is 0 Å². The number of carboxylic acids is 1. The molecular formula is C10H11BrClNO4S2. The molecule has 1 aromatic heterocycles. The highest BCUT2D eigenvalue weighted by Gasteiger charge is 2.34. The fourth-order valence-electron chi connectivity index (χ4n) is 1.94. The van der Waals surface area contributed by atoms with E-state index in [2.05, 4.69) is 15.9 Å². The van der Waals surface area contributed by atoms with E-state index >= 15 is 0 Å². The van der Waals surface area contributed by atoms with Gasteiger partial charge in [-0.3, -0.25) is 4.79 Å². The van der Waals surface area contributed by atoms with Gasteiger partial charge >= 0.3 is 5.97 Å². The Kier molecular flexibility index (Phi) is 4.56. The molecule has 1 saturated heterocycles. The zero-order valence-corrected chi connectivity index (χ0v) is 13.6. The summed E-state index contributed by atoms with van der Waals surface area (Å²) >= 11 is 10.0. The fraction of sp³-hybridized carbons (Fsp3) is 0.500. The van der Waals surface area contributed by atoms with Crippen LogP contribution in [0, 0.1) is 5.92 Å². The summed E-state index contributed by atoms with van der Waals surface area (Å²) in [4.78, 5) is 11.0. The minimum atomic E-state index is -3.66. The molecule has 1 aliphatic heterocycles. The quantitative estimate of drug-likeness (QED) is 0.864. The molecule has 0 unspecified atom stereocenters. The number of carboxylic acid groups (broad SMARTS) is 1. The average molecular weight is 389 g/mol. The van der Waals surface area contributed by atoms with Gasteiger partial charge in [0.25, 0.3) is 10.0 Å². The van der Waals surface area contributed by atoms with Crippen molar-refractivity contribution < 1.29 is 18.3 Å². The van der Waals surface area contributed by atoms with Gasteiger partial charge in [0, 0.05) is 13.1 Å². The first-order chi connectivity index (χ1) is 8.82. The van der Waals surface area contributed by atoms with Crippen LogP contribution in [0.4, 0.5) is 0 Å². The maximum absolute atomic E-state index is 12.4. The maximum Gasteiger partial charge on any atom is 0.307 e. The zero-order chi connectivity index (χ0) is 14.2. The average Bonchev–Trinajstić information content (AvgIpc) is 2.70. The highest BCUT2D eigenvalue weighted by Crippen LogP contribution is 2.36. The lowest BCUT2D eigenvalue weighted by atomic mass is 10.0. The molecular weight excluding hydrogens is 378 g/mol. The topological polar surface area (TPSA) is 74.7 Å². The van der Waals surface area contributed by atoms with Gasteiger partial charge in [-0.15, -0.1) is 11.3 Å². The third kappa shape index (κ3) is 3.13. The van der Waals surface area contributed by atoms with Crippen LogP contribution in [0.5, 0.6) is 0 Å². The number of carbonyl (C=O) groups is 1. The lowest BCUT2D eigenvalue weighted by Gasteiger charge is -2.29. The smallest absolute Gasteiger partial charge is 0.307 e. The summed E-state index contributed by atoms with van der Waals surface area (Å²) in [5.74, 6) is -1.59. The van der Waals surface area contributed by atoms with E-state index in [4.69, 9.17) is 16.7 Å². The van der Waals surface area contributed by atoms with Crippen LogP contribution in [0.2, 0.25) is 5.02 Å². The number of halogens is 2. The van der Waals surface area contributed by atoms with Gasteiger partial charge in [-0.05, 0) is 34.8 Å². The van der Waals surface area contributed by atoms with Crippen LogP contribution in [-0.2, 0) is 14.8 Å². The lowest BCUT2D eigenvalue weighted by Crippen LogP contribution is -2.41. The number of aliphatic carboxylic acids is 1. The van der Waals surface area contributed by atoms with Crippen LogP contribution in [0.25, 0.3) is 0 Å². The van der Waals surface area contributed by atoms with Gasteiger partial charge in [0.05, 0.1) is 14.7 Å². The van der Waals surface area contributed by atoms with E-state index in [0.29, 0.717) is 28.2 Å². The summed E-state index contributed by atoms with van der Waals surface area (Å²) in [6.07, 6.45) is 1.06. The van der Waals surface area contributed by atoms with Crippen LogP contribution >= 0.6 is 38.9 Å². The number of hydrogen-bond acceptors (Lipinski definition) is 4. The molecule has 0 amide bonds. The summed E-state index contributed by atoms with van der Waals surface area (Å²) < 4.78 is 26.7. The third-order valence-electron chi connectivity index (χ3n) is 2.95. The summed E-state index contributed by atoms with van der Waals surface area (Å²) in [6, 6.07) is 1.38. The second-order valence-corrected chi connectivity index (χ2v) is 9.17. The van der Waals surface area contributed by atoms with Crippen molar-refractivity contribution in [3.8, 4) is 0 Å². The standard InChI is InChI=1S/C10H11BrClNO4S2/c11-9-7(12)4-8(18-9)19(16,17)13-3-1-2-6(5-13)10(14)15/h4,6H,1-3,5H2,(H,14,15)/t6-/m0/s1. The first kappa shape index (κ1) is 15.2. The van der Waals surface area contributed by atoms with Crippen molar-refractivity contribution in [2.45, 2.75) is 17.1 Å². The van der Waals surface area contributed by atoms with Gasteiger partial charge in [-0.1, -0.05) is 11.6 Å². The second kappa shape index (κ2) is 5.69. The molecule has 0 spiro atoms. The van der Waals surface area contributed by atoms with E-state index < -0.39 is 21.9 Å². The van der Waals surface area contributed by atoms with Crippen molar-refractivity contribution in [1.82, 2.24) is 4.31 Å². The summed E-state index contributed by atoms with van der Waals surface area (Å²) in [6.45, 7) is 0.365. The molecule has 106 valence electrons. The molecule has 2 rings (SSSR count). The normalized spacial score (nSPS) is 21.5. The maximum atomic E-state index is 12.4. The van der Waals surface area contributed by atoms with E-state index in [1.807, 2.05) is 0 Å². The minimum Gasteiger partial charge on any atom is -0.481 e. The van der Waals surface area contributed by atoms with Gasteiger partial charge in [-0.2, -0.15) is 4.31 Å². The zero-order valence-electron chi connectivity index (χ0n) is 9.67. The second-order valence-electron chi connectivity index (χ2n) is 4.23.